The van der Waals surface area contributed by atoms with Crippen LogP contribution in [0.4, 0.5) is 0 Å². The van der Waals surface area contributed by atoms with Crippen molar-refractivity contribution in [3.63, 3.8) is 0 Å². The quantitative estimate of drug-likeness (QED) is 0.546. The first kappa shape index (κ1) is 15.9. The zero-order chi connectivity index (χ0) is 12.3. The molecule has 0 radical (unpaired) electrons. The highest BCUT2D eigenvalue weighted by Gasteiger charge is 2.16. The summed E-state index contributed by atoms with van der Waals surface area (Å²) in [6.45, 7) is 12.8. The summed E-state index contributed by atoms with van der Waals surface area (Å²) in [6, 6.07) is 0. The predicted octanol–water partition coefficient (Wildman–Crippen LogP) is 3.61. The minimum absolute atomic E-state index is 0.263. The normalized spacial score (nSPS) is 12.0. The number of rotatable bonds is 11. The summed E-state index contributed by atoms with van der Waals surface area (Å²) >= 11 is 0. The van der Waals surface area contributed by atoms with Crippen LogP contribution in [0.3, 0.4) is 0 Å². The van der Waals surface area contributed by atoms with Gasteiger partial charge in [-0.05, 0) is 13.0 Å². The molecule has 0 aliphatic heterocycles. The van der Waals surface area contributed by atoms with Crippen LogP contribution in [0.15, 0.2) is 0 Å². The molecule has 0 rings (SSSR count). The molecule has 1 N–H and O–H groups in total. The van der Waals surface area contributed by atoms with Crippen molar-refractivity contribution < 1.29 is 4.74 Å². The maximum atomic E-state index is 5.74. The molecule has 98 valence electrons. The highest BCUT2D eigenvalue weighted by molar-refractivity contribution is 4.70. The smallest absolute Gasteiger partial charge is 0.0529 e. The fourth-order valence-corrected chi connectivity index (χ4v) is 1.67. The standard InChI is InChI=1S/C14H31NO/c1-5-7-8-9-10-11-16-13-14(3,4)12-15-6-2/h15H,5-13H2,1-4H3. The highest BCUT2D eigenvalue weighted by atomic mass is 16.5. The topological polar surface area (TPSA) is 21.3 Å². The molecule has 0 heterocycles. The SMILES string of the molecule is CCCCCCCOCC(C)(C)CNCC. The predicted molar refractivity (Wildman–Crippen MR) is 71.9 cm³/mol. The highest BCUT2D eigenvalue weighted by Crippen LogP contribution is 2.14. The molecule has 0 aromatic rings. The number of unbranched alkanes of at least 4 members (excludes halogenated alkanes) is 4. The van der Waals surface area contributed by atoms with Gasteiger partial charge in [-0.3, -0.25) is 0 Å². The lowest BCUT2D eigenvalue weighted by molar-refractivity contribution is 0.0599. The number of ether oxygens (including phenoxy) is 1. The molecule has 0 saturated carbocycles. The number of hydrogen-bond donors (Lipinski definition) is 1. The second kappa shape index (κ2) is 10.1. The van der Waals surface area contributed by atoms with Crippen molar-refractivity contribution in [2.75, 3.05) is 26.3 Å². The van der Waals surface area contributed by atoms with Gasteiger partial charge in [0.25, 0.3) is 0 Å². The van der Waals surface area contributed by atoms with E-state index in [1.165, 1.54) is 32.1 Å². The Kier molecular flexibility index (Phi) is 10.0. The van der Waals surface area contributed by atoms with E-state index >= 15 is 0 Å². The summed E-state index contributed by atoms with van der Waals surface area (Å²) in [6.07, 6.45) is 6.59. The summed E-state index contributed by atoms with van der Waals surface area (Å²) < 4.78 is 5.74. The first-order valence-corrected chi connectivity index (χ1v) is 6.91. The molecule has 16 heavy (non-hydrogen) atoms. The van der Waals surface area contributed by atoms with Crippen LogP contribution in [0.25, 0.3) is 0 Å². The van der Waals surface area contributed by atoms with Crippen LogP contribution in [0.1, 0.15) is 59.8 Å². The van der Waals surface area contributed by atoms with Crippen LogP contribution in [0.5, 0.6) is 0 Å². The third-order valence-electron chi connectivity index (χ3n) is 2.74. The Morgan fingerprint density at radius 1 is 1.00 bits per heavy atom. The minimum atomic E-state index is 0.263. The van der Waals surface area contributed by atoms with Gasteiger partial charge in [-0.25, -0.2) is 0 Å². The third kappa shape index (κ3) is 10.4. The molecule has 0 aromatic heterocycles. The van der Waals surface area contributed by atoms with E-state index in [0.717, 1.165) is 26.3 Å². The van der Waals surface area contributed by atoms with Crippen molar-refractivity contribution in [2.45, 2.75) is 59.8 Å². The Hall–Kier alpha value is -0.0800. The molecule has 0 amide bonds. The second-order valence-electron chi connectivity index (χ2n) is 5.41. The molecule has 0 saturated heterocycles. The Labute approximate surface area is 102 Å². The van der Waals surface area contributed by atoms with E-state index < -0.39 is 0 Å². The minimum Gasteiger partial charge on any atom is -0.381 e. The first-order chi connectivity index (χ1) is 7.62. The van der Waals surface area contributed by atoms with Gasteiger partial charge in [0, 0.05) is 18.6 Å². The van der Waals surface area contributed by atoms with Gasteiger partial charge < -0.3 is 10.1 Å². The Morgan fingerprint density at radius 2 is 1.69 bits per heavy atom. The van der Waals surface area contributed by atoms with Crippen LogP contribution < -0.4 is 5.32 Å². The third-order valence-corrected chi connectivity index (χ3v) is 2.74. The van der Waals surface area contributed by atoms with Crippen LogP contribution in [0, 0.1) is 5.41 Å². The zero-order valence-corrected chi connectivity index (χ0v) is 11.8. The fourth-order valence-electron chi connectivity index (χ4n) is 1.67. The summed E-state index contributed by atoms with van der Waals surface area (Å²) in [4.78, 5) is 0. The first-order valence-electron chi connectivity index (χ1n) is 6.91. The lowest BCUT2D eigenvalue weighted by Crippen LogP contribution is -2.33. The van der Waals surface area contributed by atoms with E-state index in [9.17, 15) is 0 Å². The molecule has 0 bridgehead atoms. The average molecular weight is 229 g/mol. The summed E-state index contributed by atoms with van der Waals surface area (Å²) in [5.74, 6) is 0. The lowest BCUT2D eigenvalue weighted by atomic mass is 9.95. The molecular formula is C14H31NO. The summed E-state index contributed by atoms with van der Waals surface area (Å²) in [5.41, 5.74) is 0.263. The van der Waals surface area contributed by atoms with E-state index in [0.29, 0.717) is 0 Å². The van der Waals surface area contributed by atoms with Gasteiger partial charge in [-0.1, -0.05) is 53.4 Å². The van der Waals surface area contributed by atoms with Gasteiger partial charge in [0.1, 0.15) is 0 Å². The van der Waals surface area contributed by atoms with Gasteiger partial charge in [-0.15, -0.1) is 0 Å². The van der Waals surface area contributed by atoms with Crippen molar-refractivity contribution >= 4 is 0 Å². The van der Waals surface area contributed by atoms with Crippen molar-refractivity contribution in [1.29, 1.82) is 0 Å². The largest absolute Gasteiger partial charge is 0.381 e. The van der Waals surface area contributed by atoms with Gasteiger partial charge in [0.2, 0.25) is 0 Å². The van der Waals surface area contributed by atoms with E-state index in [2.05, 4.69) is 33.0 Å². The van der Waals surface area contributed by atoms with Crippen LogP contribution in [0.2, 0.25) is 0 Å². The van der Waals surface area contributed by atoms with E-state index in [-0.39, 0.29) is 5.41 Å². The average Bonchev–Trinajstić information content (AvgIpc) is 2.25. The maximum Gasteiger partial charge on any atom is 0.0529 e. The van der Waals surface area contributed by atoms with Crippen molar-refractivity contribution in [2.24, 2.45) is 5.41 Å². The Balaban J connectivity index is 3.29. The van der Waals surface area contributed by atoms with Gasteiger partial charge >= 0.3 is 0 Å². The lowest BCUT2D eigenvalue weighted by Gasteiger charge is -2.24. The molecule has 0 aliphatic carbocycles. The monoisotopic (exact) mass is 229 g/mol. The molecule has 2 nitrogen and oxygen atoms in total. The number of nitrogens with one attached hydrogen (secondary N) is 1. The zero-order valence-electron chi connectivity index (χ0n) is 11.8. The molecule has 0 fully saturated rings. The van der Waals surface area contributed by atoms with E-state index in [1.807, 2.05) is 0 Å². The van der Waals surface area contributed by atoms with Crippen LogP contribution in [-0.2, 0) is 4.74 Å². The molecule has 0 aromatic carbocycles. The van der Waals surface area contributed by atoms with Crippen molar-refractivity contribution in [3.8, 4) is 0 Å². The van der Waals surface area contributed by atoms with Gasteiger partial charge in [0.15, 0.2) is 0 Å². The molecular weight excluding hydrogens is 198 g/mol. The van der Waals surface area contributed by atoms with Crippen molar-refractivity contribution in [1.82, 2.24) is 5.32 Å². The Morgan fingerprint density at radius 3 is 2.31 bits per heavy atom. The Bertz CT molecular complexity index is 146. The molecule has 0 spiro atoms. The fraction of sp³-hybridized carbons (Fsp3) is 1.00. The van der Waals surface area contributed by atoms with E-state index in [4.69, 9.17) is 4.74 Å². The molecule has 0 unspecified atom stereocenters. The van der Waals surface area contributed by atoms with Crippen molar-refractivity contribution in [3.05, 3.63) is 0 Å². The number of hydrogen-bond acceptors (Lipinski definition) is 2. The second-order valence-corrected chi connectivity index (χ2v) is 5.41. The van der Waals surface area contributed by atoms with Crippen LogP contribution in [-0.4, -0.2) is 26.3 Å². The van der Waals surface area contributed by atoms with Gasteiger partial charge in [0.05, 0.1) is 6.61 Å². The molecule has 0 aliphatic rings. The maximum absolute atomic E-state index is 5.74. The van der Waals surface area contributed by atoms with Crippen LogP contribution >= 0.6 is 0 Å². The van der Waals surface area contributed by atoms with E-state index in [1.54, 1.807) is 0 Å². The summed E-state index contributed by atoms with van der Waals surface area (Å²) in [7, 11) is 0. The molecule has 2 heteroatoms. The summed E-state index contributed by atoms with van der Waals surface area (Å²) in [5, 5.41) is 3.38. The molecule has 0 atom stereocenters. The van der Waals surface area contributed by atoms with Gasteiger partial charge in [-0.2, -0.15) is 0 Å².